The highest BCUT2D eigenvalue weighted by atomic mass is 16.6. The van der Waals surface area contributed by atoms with Gasteiger partial charge in [0.25, 0.3) is 5.69 Å². The zero-order chi connectivity index (χ0) is 24.7. The molecule has 4 atom stereocenters. The molecule has 2 aromatic rings. The number of aliphatic hydroxyl groups excluding tert-OH is 1. The lowest BCUT2D eigenvalue weighted by atomic mass is 9.82. The molecule has 0 unspecified atom stereocenters. The van der Waals surface area contributed by atoms with Crippen LogP contribution in [0.1, 0.15) is 30.9 Å². The largest absolute Gasteiger partial charge is 0.456 e. The molecule has 1 fully saturated rings. The number of non-ortho nitro benzene ring substituents is 1. The SMILES string of the molecule is C[C@@H](O)[C@H]1C(=O)N2C(C(=O)OCc3ccc([N+](=O)[O-])cc3)=C([C@H]3CC(c4cccnc4)=NO3)C[C@H]12. The summed E-state index contributed by atoms with van der Waals surface area (Å²) in [4.78, 5) is 47.5. The lowest BCUT2D eigenvalue weighted by molar-refractivity contribution is -0.384. The van der Waals surface area contributed by atoms with Gasteiger partial charge in [0.05, 0.1) is 28.7 Å². The second-order valence-corrected chi connectivity index (χ2v) is 8.70. The van der Waals surface area contributed by atoms with Crippen molar-refractivity contribution in [2.45, 2.75) is 44.6 Å². The Morgan fingerprint density at radius 2 is 2.09 bits per heavy atom. The molecule has 35 heavy (non-hydrogen) atoms. The molecule has 180 valence electrons. The van der Waals surface area contributed by atoms with E-state index in [1.54, 1.807) is 25.4 Å². The van der Waals surface area contributed by atoms with Crippen molar-refractivity contribution < 1.29 is 29.2 Å². The Bertz CT molecular complexity index is 1240. The lowest BCUT2D eigenvalue weighted by Crippen LogP contribution is -2.61. The van der Waals surface area contributed by atoms with Gasteiger partial charge in [0.15, 0.2) is 6.10 Å². The Balaban J connectivity index is 1.36. The van der Waals surface area contributed by atoms with Crippen molar-refractivity contribution in [2.24, 2.45) is 11.1 Å². The van der Waals surface area contributed by atoms with E-state index in [2.05, 4.69) is 10.1 Å². The predicted molar refractivity (Wildman–Crippen MR) is 121 cm³/mol. The van der Waals surface area contributed by atoms with Gasteiger partial charge in [-0.1, -0.05) is 5.16 Å². The van der Waals surface area contributed by atoms with Gasteiger partial charge in [0, 0.05) is 42.1 Å². The topological polar surface area (TPSA) is 144 Å². The number of esters is 1. The number of nitro benzene ring substituents is 1. The summed E-state index contributed by atoms with van der Waals surface area (Å²) in [6.07, 6.45) is 2.68. The fraction of sp³-hybridized carbons (Fsp3) is 0.333. The number of ether oxygens (including phenoxy) is 1. The number of β-lactam (4-membered cyclic amide) rings is 1. The first-order valence-electron chi connectivity index (χ1n) is 11.1. The maximum absolute atomic E-state index is 13.2. The monoisotopic (exact) mass is 478 g/mol. The normalized spacial score (nSPS) is 23.8. The minimum Gasteiger partial charge on any atom is -0.456 e. The zero-order valence-electron chi connectivity index (χ0n) is 18.7. The van der Waals surface area contributed by atoms with E-state index in [0.29, 0.717) is 29.7 Å². The second-order valence-electron chi connectivity index (χ2n) is 8.70. The van der Waals surface area contributed by atoms with E-state index in [0.717, 1.165) is 5.56 Å². The molecule has 1 aromatic carbocycles. The number of pyridine rings is 1. The number of carbonyl (C=O) groups excluding carboxylic acids is 2. The molecule has 0 aliphatic carbocycles. The van der Waals surface area contributed by atoms with Crippen molar-refractivity contribution in [1.29, 1.82) is 0 Å². The van der Waals surface area contributed by atoms with Crippen molar-refractivity contribution >= 4 is 23.3 Å². The first-order chi connectivity index (χ1) is 16.8. The van der Waals surface area contributed by atoms with E-state index in [1.807, 2.05) is 6.07 Å². The van der Waals surface area contributed by atoms with Crippen LogP contribution >= 0.6 is 0 Å². The molecule has 3 aliphatic rings. The van der Waals surface area contributed by atoms with Crippen molar-refractivity contribution in [1.82, 2.24) is 9.88 Å². The minimum atomic E-state index is -0.854. The standard InChI is InChI=1S/C24H22N4O7/c1-13(29)21-19-9-17(20-10-18(26-35-20)15-3-2-8-25-11-15)22(27(19)23(21)30)24(31)34-12-14-4-6-16(7-5-14)28(32)33/h2-8,11,13,19-21,29H,9-10,12H2,1H3/t13-,19-,20-,21-/m1/s1. The second kappa shape index (κ2) is 8.91. The van der Waals surface area contributed by atoms with Crippen LogP contribution < -0.4 is 0 Å². The Morgan fingerprint density at radius 1 is 1.31 bits per heavy atom. The van der Waals surface area contributed by atoms with Crippen LogP contribution in [0.25, 0.3) is 0 Å². The molecule has 1 aromatic heterocycles. The van der Waals surface area contributed by atoms with Gasteiger partial charge in [-0.3, -0.25) is 19.9 Å². The lowest BCUT2D eigenvalue weighted by Gasteiger charge is -2.44. The minimum absolute atomic E-state index is 0.0677. The van der Waals surface area contributed by atoms with Crippen LogP contribution in [0.3, 0.4) is 0 Å². The molecule has 5 rings (SSSR count). The molecule has 11 heteroatoms. The summed E-state index contributed by atoms with van der Waals surface area (Å²) in [5.41, 5.74) is 2.70. The number of oxime groups is 1. The highest BCUT2D eigenvalue weighted by Gasteiger charge is 2.58. The fourth-order valence-electron chi connectivity index (χ4n) is 4.78. The molecule has 0 radical (unpaired) electrons. The molecule has 0 bridgehead atoms. The van der Waals surface area contributed by atoms with Crippen LogP contribution in [0.2, 0.25) is 0 Å². The number of benzene rings is 1. The highest BCUT2D eigenvalue weighted by Crippen LogP contribution is 2.46. The van der Waals surface area contributed by atoms with Gasteiger partial charge in [-0.15, -0.1) is 0 Å². The summed E-state index contributed by atoms with van der Waals surface area (Å²) in [5, 5.41) is 25.1. The molecular weight excluding hydrogens is 456 g/mol. The number of nitro groups is 1. The third-order valence-electron chi connectivity index (χ3n) is 6.53. The summed E-state index contributed by atoms with van der Waals surface area (Å²) >= 11 is 0. The van der Waals surface area contributed by atoms with E-state index >= 15 is 0 Å². The maximum Gasteiger partial charge on any atom is 0.355 e. The third kappa shape index (κ3) is 4.03. The number of aliphatic hydroxyl groups is 1. The molecule has 1 saturated heterocycles. The number of nitrogens with zero attached hydrogens (tertiary/aromatic N) is 4. The van der Waals surface area contributed by atoms with Gasteiger partial charge in [0.1, 0.15) is 12.3 Å². The molecular formula is C24H22N4O7. The molecule has 11 nitrogen and oxygen atoms in total. The Morgan fingerprint density at radius 3 is 2.74 bits per heavy atom. The zero-order valence-corrected chi connectivity index (χ0v) is 18.7. The number of hydrogen-bond acceptors (Lipinski definition) is 9. The predicted octanol–water partition coefficient (Wildman–Crippen LogP) is 2.09. The van der Waals surface area contributed by atoms with Crippen LogP contribution in [-0.2, 0) is 25.8 Å². The summed E-state index contributed by atoms with van der Waals surface area (Å²) < 4.78 is 5.48. The number of carbonyl (C=O) groups is 2. The highest BCUT2D eigenvalue weighted by molar-refractivity contribution is 6.03. The smallest absolute Gasteiger partial charge is 0.355 e. The van der Waals surface area contributed by atoms with E-state index in [9.17, 15) is 24.8 Å². The van der Waals surface area contributed by atoms with Gasteiger partial charge < -0.3 is 19.6 Å². The molecule has 0 saturated carbocycles. The number of amides is 1. The average Bonchev–Trinajstić information content (AvgIpc) is 3.46. The quantitative estimate of drug-likeness (QED) is 0.276. The van der Waals surface area contributed by atoms with Gasteiger partial charge in [-0.05, 0) is 43.2 Å². The van der Waals surface area contributed by atoms with Crippen LogP contribution in [0.5, 0.6) is 0 Å². The molecule has 3 aliphatic heterocycles. The molecule has 4 heterocycles. The first kappa shape index (κ1) is 22.7. The molecule has 1 N–H and O–H groups in total. The van der Waals surface area contributed by atoms with Gasteiger partial charge in [0.2, 0.25) is 5.91 Å². The Labute approximate surface area is 199 Å². The Kier molecular flexibility index (Phi) is 5.77. The summed E-state index contributed by atoms with van der Waals surface area (Å²) in [6, 6.07) is 8.96. The van der Waals surface area contributed by atoms with Crippen LogP contribution in [0.15, 0.2) is 65.2 Å². The van der Waals surface area contributed by atoms with E-state index in [1.165, 1.54) is 29.2 Å². The van der Waals surface area contributed by atoms with Crippen LogP contribution in [-0.4, -0.2) is 55.8 Å². The van der Waals surface area contributed by atoms with Crippen LogP contribution in [0, 0.1) is 16.0 Å². The number of rotatable bonds is 7. The van der Waals surface area contributed by atoms with Gasteiger partial charge in [-0.2, -0.15) is 0 Å². The van der Waals surface area contributed by atoms with Crippen molar-refractivity contribution in [3.05, 3.63) is 81.3 Å². The molecule has 0 spiro atoms. The number of hydrogen-bond donors (Lipinski definition) is 1. The molecule has 1 amide bonds. The number of aromatic nitrogens is 1. The van der Waals surface area contributed by atoms with Gasteiger partial charge in [-0.25, -0.2) is 4.79 Å². The maximum atomic E-state index is 13.2. The Hall–Kier alpha value is -4.12. The van der Waals surface area contributed by atoms with E-state index in [-0.39, 0.29) is 29.9 Å². The summed E-state index contributed by atoms with van der Waals surface area (Å²) in [7, 11) is 0. The van der Waals surface area contributed by atoms with Gasteiger partial charge >= 0.3 is 5.97 Å². The summed E-state index contributed by atoms with van der Waals surface area (Å²) in [6.45, 7) is 1.43. The van der Waals surface area contributed by atoms with Crippen molar-refractivity contribution in [3.63, 3.8) is 0 Å². The van der Waals surface area contributed by atoms with E-state index < -0.39 is 29.0 Å². The number of fused-ring (bicyclic) bond motifs is 1. The van der Waals surface area contributed by atoms with Crippen LogP contribution in [0.4, 0.5) is 5.69 Å². The van der Waals surface area contributed by atoms with Crippen molar-refractivity contribution in [3.8, 4) is 0 Å². The third-order valence-corrected chi connectivity index (χ3v) is 6.53. The fourth-order valence-corrected chi connectivity index (χ4v) is 4.78. The van der Waals surface area contributed by atoms with E-state index in [4.69, 9.17) is 9.57 Å². The first-order valence-corrected chi connectivity index (χ1v) is 11.1. The average molecular weight is 478 g/mol. The van der Waals surface area contributed by atoms with Crippen molar-refractivity contribution in [2.75, 3.05) is 0 Å². The summed E-state index contributed by atoms with van der Waals surface area (Å²) in [5.74, 6) is -1.64.